The zero-order valence-electron chi connectivity index (χ0n) is 15.0. The Morgan fingerprint density at radius 1 is 1.14 bits per heavy atom. The highest BCUT2D eigenvalue weighted by Gasteiger charge is 2.33. The predicted molar refractivity (Wildman–Crippen MR) is 104 cm³/mol. The van der Waals surface area contributed by atoms with E-state index >= 15 is 0 Å². The predicted octanol–water partition coefficient (Wildman–Crippen LogP) is 3.03. The molecular weight excluding hydrogens is 433 g/mol. The topological polar surface area (TPSA) is 105 Å². The first-order chi connectivity index (χ1) is 13.5. The summed E-state index contributed by atoms with van der Waals surface area (Å²) < 4.78 is 38.6. The van der Waals surface area contributed by atoms with Gasteiger partial charge in [0.25, 0.3) is 5.91 Å². The van der Waals surface area contributed by atoms with Gasteiger partial charge in [-0.15, -0.1) is 11.3 Å². The van der Waals surface area contributed by atoms with Crippen LogP contribution in [-0.4, -0.2) is 42.8 Å². The number of alkyl halides is 3. The van der Waals surface area contributed by atoms with Crippen molar-refractivity contribution in [3.8, 4) is 0 Å². The third kappa shape index (κ3) is 6.44. The highest BCUT2D eigenvalue weighted by molar-refractivity contribution is 7.14. The second-order valence-electron chi connectivity index (χ2n) is 5.99. The number of primary amides is 1. The van der Waals surface area contributed by atoms with Gasteiger partial charge in [-0.3, -0.25) is 19.3 Å². The SMILES string of the molecule is CN(CC(=O)Nc1ccc(Cl)c(C(F)(F)F)c1)CC(=O)Nc1sccc1C(N)=O. The molecule has 0 saturated heterocycles. The lowest BCUT2D eigenvalue weighted by molar-refractivity contribution is -0.137. The second kappa shape index (κ2) is 9.25. The molecule has 12 heteroatoms. The van der Waals surface area contributed by atoms with Gasteiger partial charge in [-0.05, 0) is 36.7 Å². The van der Waals surface area contributed by atoms with Gasteiger partial charge in [-0.2, -0.15) is 13.2 Å². The van der Waals surface area contributed by atoms with Crippen LogP contribution in [0.1, 0.15) is 15.9 Å². The van der Waals surface area contributed by atoms with Crippen LogP contribution in [0.3, 0.4) is 0 Å². The minimum absolute atomic E-state index is 0.0748. The number of benzene rings is 1. The van der Waals surface area contributed by atoms with E-state index in [9.17, 15) is 27.6 Å². The van der Waals surface area contributed by atoms with Crippen LogP contribution in [0.5, 0.6) is 0 Å². The standard InChI is InChI=1S/C17H16ClF3N4O3S/c1-25(8-14(27)24-16-10(15(22)28)4-5-29-16)7-13(26)23-9-2-3-12(18)11(6-9)17(19,20)21/h2-6H,7-8H2,1H3,(H2,22,28)(H,23,26)(H,24,27). The number of carbonyl (C=O) groups is 3. The van der Waals surface area contributed by atoms with Crippen molar-refractivity contribution < 1.29 is 27.6 Å². The Balaban J connectivity index is 1.91. The number of rotatable bonds is 7. The average Bonchev–Trinajstić information content (AvgIpc) is 3.03. The molecule has 3 amide bonds. The Morgan fingerprint density at radius 2 is 1.76 bits per heavy atom. The molecule has 156 valence electrons. The number of nitrogens with two attached hydrogens (primary N) is 1. The highest BCUT2D eigenvalue weighted by atomic mass is 35.5. The summed E-state index contributed by atoms with van der Waals surface area (Å²) in [5, 5.41) is 6.25. The number of nitrogens with one attached hydrogen (secondary N) is 2. The Labute approximate surface area is 172 Å². The summed E-state index contributed by atoms with van der Waals surface area (Å²) >= 11 is 6.65. The van der Waals surface area contributed by atoms with E-state index in [0.29, 0.717) is 5.00 Å². The molecule has 0 aliphatic heterocycles. The molecule has 0 atom stereocenters. The van der Waals surface area contributed by atoms with Gasteiger partial charge in [0.2, 0.25) is 11.8 Å². The first kappa shape index (κ1) is 22.7. The normalized spacial score (nSPS) is 11.4. The summed E-state index contributed by atoms with van der Waals surface area (Å²) in [6, 6.07) is 4.48. The monoisotopic (exact) mass is 448 g/mol. The fourth-order valence-corrected chi connectivity index (χ4v) is 3.37. The summed E-state index contributed by atoms with van der Waals surface area (Å²) in [5.74, 6) is -1.80. The molecule has 0 saturated carbocycles. The number of hydrogen-bond donors (Lipinski definition) is 3. The third-order valence-electron chi connectivity index (χ3n) is 3.57. The molecule has 0 bridgehead atoms. The van der Waals surface area contributed by atoms with E-state index in [1.807, 2.05) is 0 Å². The van der Waals surface area contributed by atoms with Crippen LogP contribution in [0.2, 0.25) is 5.02 Å². The number of anilines is 2. The van der Waals surface area contributed by atoms with Crippen LogP contribution in [0.15, 0.2) is 29.6 Å². The summed E-state index contributed by atoms with van der Waals surface area (Å²) in [6.07, 6.45) is -4.65. The summed E-state index contributed by atoms with van der Waals surface area (Å²) in [6.45, 7) is -0.456. The molecule has 0 aliphatic rings. The molecule has 0 fully saturated rings. The maximum atomic E-state index is 12.9. The summed E-state index contributed by atoms with van der Waals surface area (Å²) in [5.41, 5.74) is 4.23. The number of likely N-dealkylation sites (N-methyl/N-ethyl adjacent to an activating group) is 1. The Kier molecular flexibility index (Phi) is 7.22. The Bertz CT molecular complexity index is 933. The zero-order valence-corrected chi connectivity index (χ0v) is 16.5. The third-order valence-corrected chi connectivity index (χ3v) is 4.73. The van der Waals surface area contributed by atoms with Crippen molar-refractivity contribution in [2.45, 2.75) is 6.18 Å². The smallest absolute Gasteiger partial charge is 0.366 e. The first-order valence-corrected chi connectivity index (χ1v) is 9.25. The van der Waals surface area contributed by atoms with Gasteiger partial charge < -0.3 is 16.4 Å². The van der Waals surface area contributed by atoms with Crippen molar-refractivity contribution in [1.82, 2.24) is 4.90 Å². The highest BCUT2D eigenvalue weighted by Crippen LogP contribution is 2.36. The largest absolute Gasteiger partial charge is 0.417 e. The lowest BCUT2D eigenvalue weighted by atomic mass is 10.2. The zero-order chi connectivity index (χ0) is 21.8. The molecule has 0 radical (unpaired) electrons. The molecular formula is C17H16ClF3N4O3S. The van der Waals surface area contributed by atoms with Crippen LogP contribution in [0.25, 0.3) is 0 Å². The van der Waals surface area contributed by atoms with E-state index in [1.54, 1.807) is 5.38 Å². The number of carbonyl (C=O) groups excluding carboxylic acids is 3. The van der Waals surface area contributed by atoms with Gasteiger partial charge in [0.05, 0.1) is 29.2 Å². The summed E-state index contributed by atoms with van der Waals surface area (Å²) in [7, 11) is 1.48. The number of halogens is 4. The number of amides is 3. The van der Waals surface area contributed by atoms with Gasteiger partial charge in [0.15, 0.2) is 0 Å². The second-order valence-corrected chi connectivity index (χ2v) is 7.31. The van der Waals surface area contributed by atoms with E-state index in [0.717, 1.165) is 23.5 Å². The van der Waals surface area contributed by atoms with E-state index < -0.39 is 34.5 Å². The van der Waals surface area contributed by atoms with Crippen molar-refractivity contribution >= 4 is 51.3 Å². The van der Waals surface area contributed by atoms with Crippen LogP contribution in [-0.2, 0) is 15.8 Å². The maximum Gasteiger partial charge on any atom is 0.417 e. The lowest BCUT2D eigenvalue weighted by Crippen LogP contribution is -2.36. The minimum atomic E-state index is -4.65. The van der Waals surface area contributed by atoms with E-state index in [4.69, 9.17) is 17.3 Å². The van der Waals surface area contributed by atoms with Crippen molar-refractivity contribution in [2.24, 2.45) is 5.73 Å². The number of hydrogen-bond acceptors (Lipinski definition) is 5. The molecule has 1 aromatic heterocycles. The van der Waals surface area contributed by atoms with Crippen LogP contribution in [0.4, 0.5) is 23.9 Å². The fourth-order valence-electron chi connectivity index (χ4n) is 2.33. The van der Waals surface area contributed by atoms with Crippen molar-refractivity contribution in [3.05, 3.63) is 45.8 Å². The van der Waals surface area contributed by atoms with Gasteiger partial charge in [0, 0.05) is 5.69 Å². The Morgan fingerprint density at radius 3 is 2.34 bits per heavy atom. The van der Waals surface area contributed by atoms with Gasteiger partial charge >= 0.3 is 6.18 Å². The van der Waals surface area contributed by atoms with E-state index in [1.165, 1.54) is 24.1 Å². The molecule has 4 N–H and O–H groups in total. The molecule has 2 rings (SSSR count). The Hall–Kier alpha value is -2.63. The first-order valence-electron chi connectivity index (χ1n) is 7.99. The fraction of sp³-hybridized carbons (Fsp3) is 0.235. The average molecular weight is 449 g/mol. The number of nitrogens with zero attached hydrogens (tertiary/aromatic N) is 1. The molecule has 0 spiro atoms. The van der Waals surface area contributed by atoms with Crippen LogP contribution < -0.4 is 16.4 Å². The maximum absolute atomic E-state index is 12.9. The molecule has 7 nitrogen and oxygen atoms in total. The van der Waals surface area contributed by atoms with Crippen molar-refractivity contribution in [3.63, 3.8) is 0 Å². The molecule has 2 aromatic rings. The minimum Gasteiger partial charge on any atom is -0.366 e. The quantitative estimate of drug-likeness (QED) is 0.605. The lowest BCUT2D eigenvalue weighted by Gasteiger charge is -2.16. The molecule has 0 aliphatic carbocycles. The molecule has 0 unspecified atom stereocenters. The molecule has 1 heterocycles. The molecule has 1 aromatic carbocycles. The van der Waals surface area contributed by atoms with Crippen molar-refractivity contribution in [2.75, 3.05) is 30.8 Å². The van der Waals surface area contributed by atoms with E-state index in [-0.39, 0.29) is 24.3 Å². The summed E-state index contributed by atoms with van der Waals surface area (Å²) in [4.78, 5) is 36.7. The van der Waals surface area contributed by atoms with Gasteiger partial charge in [-0.25, -0.2) is 0 Å². The van der Waals surface area contributed by atoms with Crippen molar-refractivity contribution in [1.29, 1.82) is 0 Å². The molecule has 29 heavy (non-hydrogen) atoms. The van der Waals surface area contributed by atoms with Crippen LogP contribution >= 0.6 is 22.9 Å². The van der Waals surface area contributed by atoms with Gasteiger partial charge in [-0.1, -0.05) is 11.6 Å². The van der Waals surface area contributed by atoms with Crippen LogP contribution in [0, 0.1) is 0 Å². The van der Waals surface area contributed by atoms with Gasteiger partial charge in [0.1, 0.15) is 5.00 Å². The van der Waals surface area contributed by atoms with E-state index in [2.05, 4.69) is 10.6 Å². The number of thiophene rings is 1.